The van der Waals surface area contributed by atoms with Gasteiger partial charge in [-0.1, -0.05) is 30.9 Å². The maximum absolute atomic E-state index is 10.9. The van der Waals surface area contributed by atoms with E-state index in [9.17, 15) is 4.79 Å². The third-order valence-electron chi connectivity index (χ3n) is 2.94. The van der Waals surface area contributed by atoms with E-state index in [4.69, 9.17) is 19.3 Å². The van der Waals surface area contributed by atoms with Crippen LogP contribution >= 0.6 is 0 Å². The summed E-state index contributed by atoms with van der Waals surface area (Å²) >= 11 is 0. The molecule has 0 amide bonds. The van der Waals surface area contributed by atoms with Crippen molar-refractivity contribution in [1.82, 2.24) is 0 Å². The van der Waals surface area contributed by atoms with Crippen LogP contribution in [0.15, 0.2) is 54.7 Å². The van der Waals surface area contributed by atoms with Crippen molar-refractivity contribution in [3.8, 4) is 17.2 Å². The summed E-state index contributed by atoms with van der Waals surface area (Å²) in [4.78, 5) is 10.9. The van der Waals surface area contributed by atoms with Gasteiger partial charge in [-0.3, -0.25) is 0 Å². The lowest BCUT2D eigenvalue weighted by molar-refractivity contribution is -0.147. The highest BCUT2D eigenvalue weighted by Gasteiger charge is 2.27. The molecule has 1 aliphatic rings. The maximum Gasteiger partial charge on any atom is 0.348 e. The standard InChI is InChI=1S/C17H18O5/c1-3-4-5-6-12(2)10-20-13-7-8-14-15(9-13)22-16(11-21-14)17(18)19/h3-9,16H,1,10-11H2,2H3,(H,18,19)/b5-4-,12-6+. The second kappa shape index (κ2) is 7.36. The van der Waals surface area contributed by atoms with Crippen molar-refractivity contribution in [2.45, 2.75) is 13.0 Å². The summed E-state index contributed by atoms with van der Waals surface area (Å²) in [5.74, 6) is 0.439. The Hall–Kier alpha value is -2.69. The zero-order chi connectivity index (χ0) is 15.9. The van der Waals surface area contributed by atoms with Gasteiger partial charge in [0.05, 0.1) is 0 Å². The second-order valence-corrected chi connectivity index (χ2v) is 4.79. The van der Waals surface area contributed by atoms with Crippen LogP contribution in [0.1, 0.15) is 6.92 Å². The number of carboxylic acid groups (broad SMARTS) is 1. The first-order valence-electron chi connectivity index (χ1n) is 6.84. The molecule has 1 aromatic carbocycles. The van der Waals surface area contributed by atoms with E-state index in [-0.39, 0.29) is 6.61 Å². The molecule has 0 fully saturated rings. The van der Waals surface area contributed by atoms with E-state index >= 15 is 0 Å². The Bertz CT molecular complexity index is 615. The highest BCUT2D eigenvalue weighted by Crippen LogP contribution is 2.35. The molecule has 1 unspecified atom stereocenters. The fraction of sp³-hybridized carbons (Fsp3) is 0.235. The first-order chi connectivity index (χ1) is 10.6. The predicted molar refractivity (Wildman–Crippen MR) is 82.6 cm³/mol. The van der Waals surface area contributed by atoms with Crippen molar-refractivity contribution in [3.05, 3.63) is 54.7 Å². The van der Waals surface area contributed by atoms with Crippen LogP contribution in [0.2, 0.25) is 0 Å². The van der Waals surface area contributed by atoms with E-state index in [1.807, 2.05) is 25.2 Å². The molecule has 0 radical (unpaired) electrons. The van der Waals surface area contributed by atoms with Crippen LogP contribution in [-0.2, 0) is 4.79 Å². The molecule has 0 bridgehead atoms. The molecule has 1 N–H and O–H groups in total. The SMILES string of the molecule is C=C/C=C\C=C(/C)COc1ccc2c(c1)OC(C(=O)O)CO2. The van der Waals surface area contributed by atoms with E-state index in [1.165, 1.54) is 0 Å². The van der Waals surface area contributed by atoms with Crippen LogP contribution < -0.4 is 14.2 Å². The highest BCUT2D eigenvalue weighted by atomic mass is 16.6. The molecular weight excluding hydrogens is 284 g/mol. The van der Waals surface area contributed by atoms with Crippen LogP contribution in [0.4, 0.5) is 0 Å². The lowest BCUT2D eigenvalue weighted by Gasteiger charge is -2.24. The normalized spacial score (nSPS) is 17.3. The molecule has 5 nitrogen and oxygen atoms in total. The molecular formula is C17H18O5. The van der Waals surface area contributed by atoms with Crippen molar-refractivity contribution in [3.63, 3.8) is 0 Å². The molecule has 0 aliphatic carbocycles. The summed E-state index contributed by atoms with van der Waals surface area (Å²) in [6.07, 6.45) is 6.35. The van der Waals surface area contributed by atoms with Gasteiger partial charge in [0.25, 0.3) is 0 Å². The van der Waals surface area contributed by atoms with Crippen molar-refractivity contribution in [1.29, 1.82) is 0 Å². The molecule has 5 heteroatoms. The van der Waals surface area contributed by atoms with Crippen molar-refractivity contribution in [2.24, 2.45) is 0 Å². The first kappa shape index (κ1) is 15.7. The number of hydrogen-bond donors (Lipinski definition) is 1. The molecule has 1 aliphatic heterocycles. The number of fused-ring (bicyclic) bond motifs is 1. The zero-order valence-electron chi connectivity index (χ0n) is 12.3. The van der Waals surface area contributed by atoms with Gasteiger partial charge >= 0.3 is 5.97 Å². The van der Waals surface area contributed by atoms with E-state index in [1.54, 1.807) is 24.3 Å². The summed E-state index contributed by atoms with van der Waals surface area (Å²) in [6, 6.07) is 5.10. The Morgan fingerprint density at radius 2 is 2.27 bits per heavy atom. The third kappa shape index (κ3) is 4.15. The lowest BCUT2D eigenvalue weighted by atomic mass is 10.2. The highest BCUT2D eigenvalue weighted by molar-refractivity contribution is 5.73. The molecule has 1 aromatic rings. The average Bonchev–Trinajstić information content (AvgIpc) is 2.52. The summed E-state index contributed by atoms with van der Waals surface area (Å²) in [5.41, 5.74) is 1.04. The van der Waals surface area contributed by atoms with Crippen molar-refractivity contribution in [2.75, 3.05) is 13.2 Å². The molecule has 0 saturated carbocycles. The lowest BCUT2D eigenvalue weighted by Crippen LogP contribution is -2.36. The molecule has 0 aromatic heterocycles. The van der Waals surface area contributed by atoms with Gasteiger partial charge in [0.2, 0.25) is 6.10 Å². The van der Waals surface area contributed by atoms with E-state index in [2.05, 4.69) is 6.58 Å². The zero-order valence-corrected chi connectivity index (χ0v) is 12.3. The van der Waals surface area contributed by atoms with E-state index < -0.39 is 12.1 Å². The van der Waals surface area contributed by atoms with E-state index in [0.29, 0.717) is 23.9 Å². The topological polar surface area (TPSA) is 65.0 Å². The minimum atomic E-state index is -1.05. The van der Waals surface area contributed by atoms with Crippen LogP contribution in [-0.4, -0.2) is 30.4 Å². The fourth-order valence-electron chi connectivity index (χ4n) is 1.81. The number of carbonyl (C=O) groups is 1. The van der Waals surface area contributed by atoms with Crippen LogP contribution in [0, 0.1) is 0 Å². The third-order valence-corrected chi connectivity index (χ3v) is 2.94. The molecule has 22 heavy (non-hydrogen) atoms. The second-order valence-electron chi connectivity index (χ2n) is 4.79. The number of ether oxygens (including phenoxy) is 3. The summed E-state index contributed by atoms with van der Waals surface area (Å²) < 4.78 is 16.4. The van der Waals surface area contributed by atoms with Crippen LogP contribution in [0.25, 0.3) is 0 Å². The number of carboxylic acids is 1. The van der Waals surface area contributed by atoms with Gasteiger partial charge in [0.1, 0.15) is 19.0 Å². The molecule has 2 rings (SSSR count). The molecule has 1 heterocycles. The van der Waals surface area contributed by atoms with Gasteiger partial charge in [0.15, 0.2) is 11.5 Å². The van der Waals surface area contributed by atoms with Crippen molar-refractivity contribution < 1.29 is 24.1 Å². The Balaban J connectivity index is 2.00. The number of hydrogen-bond acceptors (Lipinski definition) is 4. The molecule has 0 spiro atoms. The van der Waals surface area contributed by atoms with Gasteiger partial charge in [0, 0.05) is 6.07 Å². The predicted octanol–water partition coefficient (Wildman–Crippen LogP) is 2.98. The summed E-state index contributed by atoms with van der Waals surface area (Å²) in [6.45, 7) is 5.97. The number of benzene rings is 1. The van der Waals surface area contributed by atoms with Gasteiger partial charge < -0.3 is 19.3 Å². The Morgan fingerprint density at radius 3 is 3.00 bits per heavy atom. The number of allylic oxidation sites excluding steroid dienone is 4. The molecule has 116 valence electrons. The summed E-state index contributed by atoms with van der Waals surface area (Å²) in [7, 11) is 0. The van der Waals surface area contributed by atoms with Crippen LogP contribution in [0.3, 0.4) is 0 Å². The summed E-state index contributed by atoms with van der Waals surface area (Å²) in [5, 5.41) is 8.95. The average molecular weight is 302 g/mol. The fourth-order valence-corrected chi connectivity index (χ4v) is 1.81. The van der Waals surface area contributed by atoms with Gasteiger partial charge in [-0.05, 0) is 24.6 Å². The first-order valence-corrected chi connectivity index (χ1v) is 6.84. The molecule has 0 saturated heterocycles. The maximum atomic E-state index is 10.9. The largest absolute Gasteiger partial charge is 0.489 e. The van der Waals surface area contributed by atoms with E-state index in [0.717, 1.165) is 5.57 Å². The number of aliphatic carboxylic acids is 1. The minimum absolute atomic E-state index is 0.0000211. The Morgan fingerprint density at radius 1 is 1.45 bits per heavy atom. The van der Waals surface area contributed by atoms with Crippen LogP contribution in [0.5, 0.6) is 17.2 Å². The van der Waals surface area contributed by atoms with Gasteiger partial charge in [-0.15, -0.1) is 0 Å². The van der Waals surface area contributed by atoms with Gasteiger partial charge in [-0.25, -0.2) is 4.79 Å². The van der Waals surface area contributed by atoms with Crippen molar-refractivity contribution >= 4 is 5.97 Å². The Labute approximate surface area is 129 Å². The quantitative estimate of drug-likeness (QED) is 0.818. The monoisotopic (exact) mass is 302 g/mol. The molecule has 1 atom stereocenters. The van der Waals surface area contributed by atoms with Gasteiger partial charge in [-0.2, -0.15) is 0 Å². The number of rotatable bonds is 6. The Kier molecular flexibility index (Phi) is 5.25. The minimum Gasteiger partial charge on any atom is -0.489 e. The smallest absolute Gasteiger partial charge is 0.348 e.